The van der Waals surface area contributed by atoms with E-state index in [2.05, 4.69) is 38.0 Å². The molecule has 1 aromatic rings. The fraction of sp³-hybridized carbons (Fsp3) is 0.727. The number of nitrogens with one attached hydrogen (secondary N) is 2. The van der Waals surface area contributed by atoms with Gasteiger partial charge in [0.15, 0.2) is 5.96 Å². The van der Waals surface area contributed by atoms with Gasteiger partial charge in [-0.05, 0) is 64.0 Å². The van der Waals surface area contributed by atoms with Crippen molar-refractivity contribution in [1.82, 2.24) is 10.6 Å². The van der Waals surface area contributed by atoms with Crippen molar-refractivity contribution >= 4 is 28.3 Å². The third-order valence-corrected chi connectivity index (χ3v) is 5.83. The number of anilines is 1. The highest BCUT2D eigenvalue weighted by Gasteiger charge is 2.20. The van der Waals surface area contributed by atoms with E-state index in [4.69, 9.17) is 4.74 Å². The summed E-state index contributed by atoms with van der Waals surface area (Å²) in [5, 5.41) is 10.5. The largest absolute Gasteiger partial charge is 0.460 e. The summed E-state index contributed by atoms with van der Waals surface area (Å²) in [7, 11) is 1.83. The second-order valence-corrected chi connectivity index (χ2v) is 9.53. The van der Waals surface area contributed by atoms with Crippen LogP contribution < -0.4 is 15.5 Å². The van der Waals surface area contributed by atoms with Crippen LogP contribution in [0.3, 0.4) is 0 Å². The number of rotatable bonds is 9. The predicted molar refractivity (Wildman–Crippen MR) is 123 cm³/mol. The van der Waals surface area contributed by atoms with Crippen molar-refractivity contribution in [3.63, 3.8) is 0 Å². The molecular formula is C22H38N4O2S. The Morgan fingerprint density at radius 2 is 1.97 bits per heavy atom. The Bertz CT molecular complexity index is 617. The van der Waals surface area contributed by atoms with Gasteiger partial charge in [0.2, 0.25) is 0 Å². The highest BCUT2D eigenvalue weighted by atomic mass is 32.1. The number of hydrogen-bond acceptors (Lipinski definition) is 5. The summed E-state index contributed by atoms with van der Waals surface area (Å²) in [6.45, 7) is 8.81. The fourth-order valence-corrected chi connectivity index (χ4v) is 4.21. The lowest BCUT2D eigenvalue weighted by atomic mass is 10.1. The lowest BCUT2D eigenvalue weighted by Crippen LogP contribution is -2.48. The molecule has 1 aliphatic heterocycles. The topological polar surface area (TPSA) is 66.0 Å². The Morgan fingerprint density at radius 3 is 2.59 bits per heavy atom. The summed E-state index contributed by atoms with van der Waals surface area (Å²) < 4.78 is 5.33. The van der Waals surface area contributed by atoms with Gasteiger partial charge in [-0.1, -0.05) is 12.8 Å². The van der Waals surface area contributed by atoms with Gasteiger partial charge in [0.05, 0.1) is 5.00 Å². The monoisotopic (exact) mass is 422 g/mol. The van der Waals surface area contributed by atoms with Crippen LogP contribution in [0, 0.1) is 0 Å². The number of carbonyl (C=O) groups excluding carboxylic acids is 1. The van der Waals surface area contributed by atoms with Crippen molar-refractivity contribution in [2.75, 3.05) is 31.6 Å². The molecule has 1 aliphatic rings. The molecule has 0 atom stereocenters. The van der Waals surface area contributed by atoms with Crippen LogP contribution in [-0.4, -0.2) is 50.3 Å². The quantitative estimate of drug-likeness (QED) is 0.271. The van der Waals surface area contributed by atoms with Gasteiger partial charge < -0.3 is 20.3 Å². The van der Waals surface area contributed by atoms with E-state index in [0.29, 0.717) is 12.5 Å². The van der Waals surface area contributed by atoms with Gasteiger partial charge >= 0.3 is 5.97 Å². The Hall–Kier alpha value is -1.76. The van der Waals surface area contributed by atoms with Gasteiger partial charge in [-0.3, -0.25) is 9.79 Å². The van der Waals surface area contributed by atoms with Gasteiger partial charge in [-0.15, -0.1) is 11.3 Å². The molecule has 29 heavy (non-hydrogen) atoms. The first-order valence-electron chi connectivity index (χ1n) is 10.8. The molecule has 7 heteroatoms. The maximum Gasteiger partial charge on any atom is 0.306 e. The third-order valence-electron chi connectivity index (χ3n) is 4.90. The van der Waals surface area contributed by atoms with Crippen LogP contribution in [0.5, 0.6) is 0 Å². The van der Waals surface area contributed by atoms with E-state index in [1.807, 2.05) is 39.2 Å². The molecule has 0 spiro atoms. The van der Waals surface area contributed by atoms with Crippen LogP contribution in [0.2, 0.25) is 0 Å². The van der Waals surface area contributed by atoms with Gasteiger partial charge in [0.1, 0.15) is 5.60 Å². The summed E-state index contributed by atoms with van der Waals surface area (Å²) >= 11 is 1.82. The lowest BCUT2D eigenvalue weighted by Gasteiger charge is -2.33. The van der Waals surface area contributed by atoms with Crippen LogP contribution in [0.15, 0.2) is 22.5 Å². The van der Waals surface area contributed by atoms with Crippen molar-refractivity contribution < 1.29 is 9.53 Å². The minimum absolute atomic E-state index is 0.0923. The summed E-state index contributed by atoms with van der Waals surface area (Å²) in [5.41, 5.74) is -0.384. The molecule has 2 rings (SSSR count). The van der Waals surface area contributed by atoms with E-state index in [0.717, 1.165) is 64.1 Å². The second kappa shape index (κ2) is 12.1. The molecule has 0 radical (unpaired) electrons. The standard InChI is InChI=1S/C22H38N4O2S/c1-22(2,3)28-20(27)11-7-5-6-8-14-24-21(23-4)25-18-12-15-26(16-13-18)19-10-9-17-29-19/h9-10,17-18H,5-8,11-16H2,1-4H3,(H2,23,24,25). The first-order chi connectivity index (χ1) is 13.9. The van der Waals surface area contributed by atoms with Crippen LogP contribution in [0.1, 0.15) is 65.7 Å². The Labute approximate surface area is 180 Å². The molecule has 1 saturated heterocycles. The average molecular weight is 423 g/mol. The number of thiophene rings is 1. The molecule has 2 heterocycles. The molecule has 0 aromatic carbocycles. The molecule has 1 fully saturated rings. The Morgan fingerprint density at radius 1 is 1.24 bits per heavy atom. The molecule has 164 valence electrons. The summed E-state index contributed by atoms with van der Waals surface area (Å²) in [6, 6.07) is 4.80. The zero-order valence-corrected chi connectivity index (χ0v) is 19.3. The number of hydrogen-bond donors (Lipinski definition) is 2. The van der Waals surface area contributed by atoms with Crippen molar-refractivity contribution in [1.29, 1.82) is 0 Å². The van der Waals surface area contributed by atoms with E-state index in [-0.39, 0.29) is 11.6 Å². The normalized spacial score (nSPS) is 16.0. The number of aliphatic imine (C=N–C) groups is 1. The van der Waals surface area contributed by atoms with E-state index in [9.17, 15) is 4.79 Å². The first-order valence-corrected chi connectivity index (χ1v) is 11.7. The molecular weight excluding hydrogens is 384 g/mol. The van der Waals surface area contributed by atoms with Gasteiger partial charge in [0, 0.05) is 39.1 Å². The lowest BCUT2D eigenvalue weighted by molar-refractivity contribution is -0.154. The fourth-order valence-electron chi connectivity index (χ4n) is 3.43. The van der Waals surface area contributed by atoms with Crippen molar-refractivity contribution in [3.8, 4) is 0 Å². The van der Waals surface area contributed by atoms with E-state index < -0.39 is 0 Å². The smallest absolute Gasteiger partial charge is 0.306 e. The van der Waals surface area contributed by atoms with E-state index in [1.165, 1.54) is 5.00 Å². The maximum atomic E-state index is 11.7. The van der Waals surface area contributed by atoms with Crippen molar-refractivity contribution in [3.05, 3.63) is 17.5 Å². The Kier molecular flexibility index (Phi) is 9.78. The SMILES string of the molecule is CN=C(NCCCCCCC(=O)OC(C)(C)C)NC1CCN(c2cccs2)CC1. The van der Waals surface area contributed by atoms with Crippen molar-refractivity contribution in [2.24, 2.45) is 4.99 Å². The number of guanidine groups is 1. The van der Waals surface area contributed by atoms with Crippen LogP contribution >= 0.6 is 11.3 Å². The summed E-state index contributed by atoms with van der Waals surface area (Å²) in [5.74, 6) is 0.804. The molecule has 6 nitrogen and oxygen atoms in total. The molecule has 0 amide bonds. The highest BCUT2D eigenvalue weighted by Crippen LogP contribution is 2.24. The number of ether oxygens (including phenoxy) is 1. The zero-order chi connectivity index (χ0) is 21.1. The van der Waals surface area contributed by atoms with Crippen LogP contribution in [0.25, 0.3) is 0 Å². The summed E-state index contributed by atoms with van der Waals surface area (Å²) in [6.07, 6.45) is 6.89. The first kappa shape index (κ1) is 23.5. The van der Waals surface area contributed by atoms with Crippen LogP contribution in [0.4, 0.5) is 5.00 Å². The minimum Gasteiger partial charge on any atom is -0.460 e. The van der Waals surface area contributed by atoms with Crippen LogP contribution in [-0.2, 0) is 9.53 Å². The number of carbonyl (C=O) groups is 1. The zero-order valence-electron chi connectivity index (χ0n) is 18.5. The second-order valence-electron chi connectivity index (χ2n) is 8.61. The predicted octanol–water partition coefficient (Wildman–Crippen LogP) is 4.17. The molecule has 0 unspecified atom stereocenters. The summed E-state index contributed by atoms with van der Waals surface area (Å²) in [4.78, 5) is 18.5. The Balaban J connectivity index is 1.52. The number of nitrogens with zero attached hydrogens (tertiary/aromatic N) is 2. The molecule has 0 aliphatic carbocycles. The van der Waals surface area contributed by atoms with Gasteiger partial charge in [-0.2, -0.15) is 0 Å². The van der Waals surface area contributed by atoms with Gasteiger partial charge in [-0.25, -0.2) is 0 Å². The van der Waals surface area contributed by atoms with Gasteiger partial charge in [0.25, 0.3) is 0 Å². The van der Waals surface area contributed by atoms with E-state index in [1.54, 1.807) is 0 Å². The third kappa shape index (κ3) is 9.52. The number of piperidine rings is 1. The average Bonchev–Trinajstić information content (AvgIpc) is 3.20. The molecule has 1 aromatic heterocycles. The maximum absolute atomic E-state index is 11.7. The minimum atomic E-state index is -0.384. The number of unbranched alkanes of at least 4 members (excludes halogenated alkanes) is 3. The van der Waals surface area contributed by atoms with Crippen molar-refractivity contribution in [2.45, 2.75) is 77.4 Å². The molecule has 0 saturated carbocycles. The number of esters is 1. The highest BCUT2D eigenvalue weighted by molar-refractivity contribution is 7.14. The molecule has 2 N–H and O–H groups in total. The molecule has 0 bridgehead atoms. The van der Waals surface area contributed by atoms with E-state index >= 15 is 0 Å².